The van der Waals surface area contributed by atoms with Crippen LogP contribution in [-0.2, 0) is 9.59 Å². The van der Waals surface area contributed by atoms with Gasteiger partial charge in [-0.25, -0.2) is 0 Å². The zero-order chi connectivity index (χ0) is 13.8. The highest BCUT2D eigenvalue weighted by Crippen LogP contribution is 2.51. The van der Waals surface area contributed by atoms with Crippen molar-refractivity contribution in [2.24, 2.45) is 11.3 Å². The zero-order valence-corrected chi connectivity index (χ0v) is 12.2. The summed E-state index contributed by atoms with van der Waals surface area (Å²) >= 11 is 1.57. The first-order chi connectivity index (χ1) is 8.34. The molecule has 104 valence electrons. The molecule has 1 saturated carbocycles. The predicted octanol–water partition coefficient (Wildman–Crippen LogP) is 2.14. The molecule has 0 saturated heterocycles. The number of aliphatic carboxylic acids is 1. The molecule has 0 spiro atoms. The van der Waals surface area contributed by atoms with Gasteiger partial charge in [-0.2, -0.15) is 0 Å². The average Bonchev–Trinajstić information content (AvgIpc) is 3.02. The minimum atomic E-state index is -0.731. The number of carbonyl (C=O) groups is 2. The van der Waals surface area contributed by atoms with Crippen LogP contribution < -0.4 is 5.32 Å². The van der Waals surface area contributed by atoms with Crippen molar-refractivity contribution in [3.63, 3.8) is 0 Å². The van der Waals surface area contributed by atoms with Crippen LogP contribution in [0.2, 0.25) is 0 Å². The van der Waals surface area contributed by atoms with E-state index in [2.05, 4.69) is 19.2 Å². The minimum absolute atomic E-state index is 0.0386. The largest absolute Gasteiger partial charge is 0.481 e. The summed E-state index contributed by atoms with van der Waals surface area (Å²) in [6.45, 7) is 6.70. The lowest BCUT2D eigenvalue weighted by Gasteiger charge is -2.17. The molecule has 0 bridgehead atoms. The molecular weight excluding hydrogens is 250 g/mol. The molecule has 0 heterocycles. The Labute approximate surface area is 113 Å². The van der Waals surface area contributed by atoms with Crippen LogP contribution in [0.4, 0.5) is 0 Å². The number of amides is 1. The monoisotopic (exact) mass is 273 g/mol. The van der Waals surface area contributed by atoms with Gasteiger partial charge in [-0.3, -0.25) is 9.59 Å². The van der Waals surface area contributed by atoms with Crippen LogP contribution in [0.15, 0.2) is 0 Å². The summed E-state index contributed by atoms with van der Waals surface area (Å²) in [6.07, 6.45) is 2.19. The van der Waals surface area contributed by atoms with Crippen molar-refractivity contribution in [3.8, 4) is 0 Å². The summed E-state index contributed by atoms with van der Waals surface area (Å²) in [7, 11) is 0. The first-order valence-corrected chi connectivity index (χ1v) is 7.51. The van der Waals surface area contributed by atoms with Gasteiger partial charge in [0.2, 0.25) is 5.91 Å². The van der Waals surface area contributed by atoms with Crippen molar-refractivity contribution >= 4 is 23.6 Å². The number of carboxylic acid groups (broad SMARTS) is 1. The molecule has 1 fully saturated rings. The number of hydrogen-bond acceptors (Lipinski definition) is 3. The second kappa shape index (κ2) is 6.45. The van der Waals surface area contributed by atoms with Gasteiger partial charge in [0.05, 0.1) is 11.7 Å². The molecule has 1 unspecified atom stereocenters. The highest BCUT2D eigenvalue weighted by atomic mass is 32.2. The number of carboxylic acids is 1. The van der Waals surface area contributed by atoms with Gasteiger partial charge in [0.25, 0.3) is 0 Å². The molecule has 5 heteroatoms. The number of hydrogen-bond donors (Lipinski definition) is 2. The predicted molar refractivity (Wildman–Crippen MR) is 73.7 cm³/mol. The maximum atomic E-state index is 11.8. The summed E-state index contributed by atoms with van der Waals surface area (Å²) < 4.78 is 0. The lowest BCUT2D eigenvalue weighted by molar-refractivity contribution is -0.138. The highest BCUT2D eigenvalue weighted by molar-refractivity contribution is 8.00. The Kier molecular flexibility index (Phi) is 5.50. The SMILES string of the molecule is CC(C)CNC(=O)C(C)SCC1(CC(=O)O)CC1. The maximum absolute atomic E-state index is 11.8. The van der Waals surface area contributed by atoms with Gasteiger partial charge in [-0.15, -0.1) is 11.8 Å². The summed E-state index contributed by atoms with van der Waals surface area (Å²) in [5, 5.41) is 11.6. The van der Waals surface area contributed by atoms with Gasteiger partial charge in [0.1, 0.15) is 0 Å². The number of rotatable bonds is 8. The van der Waals surface area contributed by atoms with E-state index < -0.39 is 5.97 Å². The van der Waals surface area contributed by atoms with Gasteiger partial charge in [0.15, 0.2) is 0 Å². The highest BCUT2D eigenvalue weighted by Gasteiger charge is 2.44. The van der Waals surface area contributed by atoms with E-state index in [1.807, 2.05) is 6.92 Å². The van der Waals surface area contributed by atoms with Gasteiger partial charge >= 0.3 is 5.97 Å². The molecule has 1 atom stereocenters. The van der Waals surface area contributed by atoms with E-state index in [1.54, 1.807) is 11.8 Å². The van der Waals surface area contributed by atoms with E-state index in [4.69, 9.17) is 5.11 Å². The van der Waals surface area contributed by atoms with Crippen molar-refractivity contribution in [2.75, 3.05) is 12.3 Å². The number of thioether (sulfide) groups is 1. The van der Waals surface area contributed by atoms with Gasteiger partial charge in [-0.05, 0) is 31.1 Å². The van der Waals surface area contributed by atoms with Crippen LogP contribution in [0.5, 0.6) is 0 Å². The molecule has 1 aliphatic carbocycles. The van der Waals surface area contributed by atoms with Crippen LogP contribution in [0.3, 0.4) is 0 Å². The van der Waals surface area contributed by atoms with E-state index in [-0.39, 0.29) is 23.0 Å². The smallest absolute Gasteiger partial charge is 0.303 e. The standard InChI is InChI=1S/C13H23NO3S/c1-9(2)7-14-12(17)10(3)18-8-13(4-5-13)6-11(15)16/h9-10H,4-8H2,1-3H3,(H,14,17)(H,15,16). The summed E-state index contributed by atoms with van der Waals surface area (Å²) in [5.41, 5.74) is -0.0386. The summed E-state index contributed by atoms with van der Waals surface area (Å²) in [6, 6.07) is 0. The van der Waals surface area contributed by atoms with Gasteiger partial charge < -0.3 is 10.4 Å². The molecule has 2 N–H and O–H groups in total. The fraction of sp³-hybridized carbons (Fsp3) is 0.846. The fourth-order valence-electron chi connectivity index (χ4n) is 1.70. The fourth-order valence-corrected chi connectivity index (χ4v) is 2.92. The van der Waals surface area contributed by atoms with Crippen molar-refractivity contribution in [3.05, 3.63) is 0 Å². The normalized spacial score (nSPS) is 18.4. The van der Waals surface area contributed by atoms with Crippen LogP contribution in [-0.4, -0.2) is 34.5 Å². The third kappa shape index (κ3) is 5.29. The van der Waals surface area contributed by atoms with E-state index in [0.717, 1.165) is 18.6 Å². The lowest BCUT2D eigenvalue weighted by Crippen LogP contribution is -2.34. The number of nitrogens with one attached hydrogen (secondary N) is 1. The third-order valence-corrected chi connectivity index (χ3v) is 4.67. The lowest BCUT2D eigenvalue weighted by atomic mass is 10.1. The Bertz CT molecular complexity index is 313. The maximum Gasteiger partial charge on any atom is 0.303 e. The molecule has 0 aliphatic heterocycles. The molecule has 0 radical (unpaired) electrons. The van der Waals surface area contributed by atoms with Crippen molar-refractivity contribution in [1.29, 1.82) is 0 Å². The molecule has 18 heavy (non-hydrogen) atoms. The molecule has 1 rings (SSSR count). The molecule has 0 aromatic heterocycles. The van der Waals surface area contributed by atoms with Crippen molar-refractivity contribution in [1.82, 2.24) is 5.32 Å². The molecule has 0 aromatic carbocycles. The van der Waals surface area contributed by atoms with Crippen LogP contribution >= 0.6 is 11.8 Å². The quantitative estimate of drug-likeness (QED) is 0.711. The summed E-state index contributed by atoms with van der Waals surface area (Å²) in [4.78, 5) is 22.5. The van der Waals surface area contributed by atoms with Crippen LogP contribution in [0, 0.1) is 11.3 Å². The molecule has 0 aromatic rings. The zero-order valence-electron chi connectivity index (χ0n) is 11.4. The Balaban J connectivity index is 2.26. The second-order valence-electron chi connectivity index (χ2n) is 5.66. The van der Waals surface area contributed by atoms with Crippen molar-refractivity contribution in [2.45, 2.75) is 45.3 Å². The van der Waals surface area contributed by atoms with E-state index in [9.17, 15) is 9.59 Å². The second-order valence-corrected chi connectivity index (χ2v) is 6.99. The molecular formula is C13H23NO3S. The van der Waals surface area contributed by atoms with E-state index >= 15 is 0 Å². The molecule has 1 amide bonds. The average molecular weight is 273 g/mol. The van der Waals surface area contributed by atoms with Crippen LogP contribution in [0.25, 0.3) is 0 Å². The summed E-state index contributed by atoms with van der Waals surface area (Å²) in [5.74, 6) is 0.549. The Morgan fingerprint density at radius 3 is 2.39 bits per heavy atom. The van der Waals surface area contributed by atoms with Crippen LogP contribution in [0.1, 0.15) is 40.0 Å². The molecule has 4 nitrogen and oxygen atoms in total. The Hall–Kier alpha value is -0.710. The topological polar surface area (TPSA) is 66.4 Å². The number of carbonyl (C=O) groups excluding carboxylic acids is 1. The minimum Gasteiger partial charge on any atom is -0.481 e. The molecule has 1 aliphatic rings. The first kappa shape index (κ1) is 15.3. The van der Waals surface area contributed by atoms with E-state index in [1.165, 1.54) is 0 Å². The first-order valence-electron chi connectivity index (χ1n) is 6.46. The Morgan fingerprint density at radius 1 is 1.33 bits per heavy atom. The van der Waals surface area contributed by atoms with Gasteiger partial charge in [-0.1, -0.05) is 13.8 Å². The third-order valence-electron chi connectivity index (χ3n) is 3.18. The van der Waals surface area contributed by atoms with E-state index in [0.29, 0.717) is 12.5 Å². The van der Waals surface area contributed by atoms with Gasteiger partial charge in [0, 0.05) is 12.3 Å². The van der Waals surface area contributed by atoms with Crippen molar-refractivity contribution < 1.29 is 14.7 Å². The Morgan fingerprint density at radius 2 is 1.94 bits per heavy atom.